The Morgan fingerprint density at radius 3 is 1.98 bits per heavy atom. The zero-order chi connectivity index (χ0) is 37.5. The summed E-state index contributed by atoms with van der Waals surface area (Å²) in [7, 11) is 0. The Hall–Kier alpha value is -5.23. The molecule has 3 aromatic rings. The third-order valence-corrected chi connectivity index (χ3v) is 9.18. The average Bonchev–Trinajstić information content (AvgIpc) is 3.45. The highest BCUT2D eigenvalue weighted by Crippen LogP contribution is 2.44. The number of urea groups is 1. The monoisotopic (exact) mass is 713 g/mol. The predicted molar refractivity (Wildman–Crippen MR) is 199 cm³/mol. The van der Waals surface area contributed by atoms with Crippen LogP contribution in [-0.4, -0.2) is 60.1 Å². The van der Waals surface area contributed by atoms with E-state index in [1.165, 1.54) is 22.3 Å². The average molecular weight is 714 g/mol. The number of benzene rings is 3. The first-order valence-electron chi connectivity index (χ1n) is 18.0. The summed E-state index contributed by atoms with van der Waals surface area (Å²) >= 11 is 0. The Morgan fingerprint density at radius 1 is 0.769 bits per heavy atom. The van der Waals surface area contributed by atoms with E-state index in [-0.39, 0.29) is 49.7 Å². The minimum atomic E-state index is -0.950. The van der Waals surface area contributed by atoms with Crippen LogP contribution >= 0.6 is 0 Å². The Balaban J connectivity index is 1.18. The van der Waals surface area contributed by atoms with Crippen LogP contribution in [0, 0.1) is 5.92 Å². The molecule has 0 saturated carbocycles. The molecular formula is C40H51N5O7. The number of nitrogens with one attached hydrogen (secondary N) is 4. The van der Waals surface area contributed by atoms with E-state index < -0.39 is 29.9 Å². The second-order valence-corrected chi connectivity index (χ2v) is 13.5. The van der Waals surface area contributed by atoms with Gasteiger partial charge in [0.05, 0.1) is 6.61 Å². The molecule has 1 aliphatic rings. The summed E-state index contributed by atoms with van der Waals surface area (Å²) in [5.41, 5.74) is 11.0. The van der Waals surface area contributed by atoms with Gasteiger partial charge in [-0.15, -0.1) is 0 Å². The summed E-state index contributed by atoms with van der Waals surface area (Å²) in [5.74, 6) is -1.70. The number of nitrogens with two attached hydrogens (primary N) is 1. The second kappa shape index (κ2) is 20.0. The van der Waals surface area contributed by atoms with Crippen LogP contribution < -0.4 is 27.0 Å². The summed E-state index contributed by atoms with van der Waals surface area (Å²) in [5, 5.41) is 20.1. The van der Waals surface area contributed by atoms with Gasteiger partial charge in [0.25, 0.3) is 0 Å². The van der Waals surface area contributed by atoms with Gasteiger partial charge < -0.3 is 36.8 Å². The lowest BCUT2D eigenvalue weighted by Gasteiger charge is -2.25. The first-order chi connectivity index (χ1) is 25.1. The van der Waals surface area contributed by atoms with Crippen LogP contribution in [0.15, 0.2) is 72.8 Å². The number of rotatable bonds is 20. The number of aliphatic hydroxyl groups excluding tert-OH is 1. The molecule has 52 heavy (non-hydrogen) atoms. The Bertz CT molecular complexity index is 1630. The molecule has 2 atom stereocenters. The number of aliphatic hydroxyl groups is 1. The molecule has 0 saturated heterocycles. The highest BCUT2D eigenvalue weighted by Gasteiger charge is 2.30. The quantitative estimate of drug-likeness (QED) is 0.0710. The maximum Gasteiger partial charge on any atom is 0.312 e. The van der Waals surface area contributed by atoms with Gasteiger partial charge in [0.15, 0.2) is 0 Å². The van der Waals surface area contributed by atoms with Gasteiger partial charge in [-0.3, -0.25) is 19.2 Å². The molecule has 0 heterocycles. The fraction of sp³-hybridized carbons (Fsp3) is 0.425. The summed E-state index contributed by atoms with van der Waals surface area (Å²) < 4.78 is 5.69. The molecule has 5 amide bonds. The lowest BCUT2D eigenvalue weighted by atomic mass is 9.98. The summed E-state index contributed by atoms with van der Waals surface area (Å²) in [6, 6.07) is 20.6. The lowest BCUT2D eigenvalue weighted by molar-refractivity contribution is -0.144. The summed E-state index contributed by atoms with van der Waals surface area (Å²) in [4.78, 5) is 63.1. The largest absolute Gasteiger partial charge is 0.465 e. The van der Waals surface area contributed by atoms with Crippen LogP contribution in [0.2, 0.25) is 0 Å². The Morgan fingerprint density at radius 2 is 1.38 bits per heavy atom. The minimum Gasteiger partial charge on any atom is -0.465 e. The number of fused-ring (bicyclic) bond motifs is 3. The number of carbonyl (C=O) groups is 5. The molecular weight excluding hydrogens is 662 g/mol. The molecule has 7 N–H and O–H groups in total. The Kier molecular flexibility index (Phi) is 15.2. The van der Waals surface area contributed by atoms with Crippen LogP contribution in [0.5, 0.6) is 0 Å². The molecule has 0 spiro atoms. The first-order valence-corrected chi connectivity index (χ1v) is 18.0. The van der Waals surface area contributed by atoms with Crippen molar-refractivity contribution < 1.29 is 33.8 Å². The minimum absolute atomic E-state index is 0.0242. The summed E-state index contributed by atoms with van der Waals surface area (Å²) in [6.45, 7) is 4.00. The van der Waals surface area contributed by atoms with Crippen molar-refractivity contribution in [3.05, 3.63) is 89.5 Å². The number of unbranched alkanes of at least 4 members (excludes halogenated alkanes) is 3. The van der Waals surface area contributed by atoms with E-state index in [1.807, 2.05) is 38.1 Å². The van der Waals surface area contributed by atoms with Crippen molar-refractivity contribution in [2.75, 3.05) is 18.5 Å². The second-order valence-electron chi connectivity index (χ2n) is 13.5. The molecule has 0 fully saturated rings. The van der Waals surface area contributed by atoms with Gasteiger partial charge in [-0.05, 0) is 71.6 Å². The van der Waals surface area contributed by atoms with Crippen LogP contribution in [0.1, 0.15) is 87.8 Å². The highest BCUT2D eigenvalue weighted by atomic mass is 16.5. The van der Waals surface area contributed by atoms with E-state index in [0.717, 1.165) is 12.8 Å². The molecule has 0 bridgehead atoms. The molecule has 0 unspecified atom stereocenters. The molecule has 0 aromatic heterocycles. The molecule has 3 aromatic carbocycles. The smallest absolute Gasteiger partial charge is 0.312 e. The number of amides is 5. The van der Waals surface area contributed by atoms with Crippen molar-refractivity contribution in [2.45, 2.75) is 89.8 Å². The number of carbonyl (C=O) groups excluding carboxylic acids is 5. The standard InChI is InChI=1S/C40H51N5O7/c1-26(2)37(39(50)44-34(16-11-23-42-40(41)51)38(49)43-28-21-19-27(24-46)20-22-28)45-35(47)17-5-3-4-6-18-36(48)52-25-33-31-14-9-7-12-29(31)30-13-8-10-15-32(30)33/h7-10,12-15,19-22,26,33-34,37,46H,3-6,11,16-18,23-25H2,1-2H3,(H,43,49)(H,44,50)(H,45,47)(H3,41,42,51)/t34-,37-/m0/s1. The fourth-order valence-corrected chi connectivity index (χ4v) is 6.35. The van der Waals surface area contributed by atoms with Gasteiger partial charge in [0.1, 0.15) is 18.7 Å². The predicted octanol–water partition coefficient (Wildman–Crippen LogP) is 4.89. The molecule has 4 rings (SSSR count). The summed E-state index contributed by atoms with van der Waals surface area (Å²) in [6.07, 6.45) is 3.84. The van der Waals surface area contributed by atoms with E-state index in [2.05, 4.69) is 45.5 Å². The van der Waals surface area contributed by atoms with E-state index in [9.17, 15) is 29.1 Å². The molecule has 12 nitrogen and oxygen atoms in total. The first kappa shape index (κ1) is 39.6. The SMILES string of the molecule is CC(C)[C@H](NC(=O)CCCCCCC(=O)OCC1c2ccccc2-c2ccccc21)C(=O)N[C@@H](CCCNC(N)=O)C(=O)Nc1ccc(CO)cc1. The van der Waals surface area contributed by atoms with Crippen molar-refractivity contribution in [1.29, 1.82) is 0 Å². The number of anilines is 1. The third kappa shape index (κ3) is 11.7. The molecule has 278 valence electrons. The zero-order valence-corrected chi connectivity index (χ0v) is 30.0. The Labute approximate surface area is 305 Å². The number of esters is 1. The molecule has 0 radical (unpaired) electrons. The van der Waals surface area contributed by atoms with E-state index >= 15 is 0 Å². The van der Waals surface area contributed by atoms with E-state index in [4.69, 9.17) is 10.5 Å². The van der Waals surface area contributed by atoms with Crippen LogP contribution in [0.3, 0.4) is 0 Å². The maximum absolute atomic E-state index is 13.4. The lowest BCUT2D eigenvalue weighted by Crippen LogP contribution is -2.54. The topological polar surface area (TPSA) is 189 Å². The number of ether oxygens (including phenoxy) is 1. The number of hydrogen-bond acceptors (Lipinski definition) is 7. The van der Waals surface area contributed by atoms with Gasteiger partial charge in [0, 0.05) is 31.0 Å². The molecule has 0 aliphatic heterocycles. The molecule has 12 heteroatoms. The van der Waals surface area contributed by atoms with Crippen molar-refractivity contribution in [3.63, 3.8) is 0 Å². The highest BCUT2D eigenvalue weighted by molar-refractivity contribution is 5.98. The van der Waals surface area contributed by atoms with Gasteiger partial charge in [-0.25, -0.2) is 4.79 Å². The molecule has 1 aliphatic carbocycles. The normalized spacial score (nSPS) is 13.0. The van der Waals surface area contributed by atoms with E-state index in [1.54, 1.807) is 24.3 Å². The van der Waals surface area contributed by atoms with Crippen molar-refractivity contribution in [2.24, 2.45) is 11.7 Å². The zero-order valence-electron chi connectivity index (χ0n) is 30.0. The fourth-order valence-electron chi connectivity index (χ4n) is 6.35. The van der Waals surface area contributed by atoms with Gasteiger partial charge >= 0.3 is 12.0 Å². The maximum atomic E-state index is 13.4. The van der Waals surface area contributed by atoms with Crippen LogP contribution in [0.25, 0.3) is 11.1 Å². The van der Waals surface area contributed by atoms with Crippen LogP contribution in [-0.2, 0) is 30.5 Å². The van der Waals surface area contributed by atoms with Crippen molar-refractivity contribution in [3.8, 4) is 11.1 Å². The van der Waals surface area contributed by atoms with Gasteiger partial charge in [-0.1, -0.05) is 87.4 Å². The third-order valence-electron chi connectivity index (χ3n) is 9.18. The van der Waals surface area contributed by atoms with Gasteiger partial charge in [-0.2, -0.15) is 0 Å². The van der Waals surface area contributed by atoms with Crippen LogP contribution in [0.4, 0.5) is 10.5 Å². The van der Waals surface area contributed by atoms with Crippen molar-refractivity contribution in [1.82, 2.24) is 16.0 Å². The van der Waals surface area contributed by atoms with E-state index in [0.29, 0.717) is 43.5 Å². The van der Waals surface area contributed by atoms with Crippen molar-refractivity contribution >= 4 is 35.4 Å². The number of hydrogen-bond donors (Lipinski definition) is 6. The van der Waals surface area contributed by atoms with Gasteiger partial charge in [0.2, 0.25) is 17.7 Å². The number of primary amides is 1.